The molecule has 0 fully saturated rings. The number of aliphatic carboxylic acids is 1. The third-order valence-corrected chi connectivity index (χ3v) is 1.17. The summed E-state index contributed by atoms with van der Waals surface area (Å²) in [5.74, 6) is -0.771. The number of rotatable bonds is 7. The predicted molar refractivity (Wildman–Crippen MR) is 48.6 cm³/mol. The monoisotopic (exact) mass is 197 g/mol. The smallest absolute Gasteiger partial charge is 0.303 e. The number of nitrogens with two attached hydrogens (primary N) is 1. The van der Waals surface area contributed by atoms with E-state index in [0.717, 1.165) is 6.42 Å². The molecule has 0 atom stereocenters. The molecule has 5 heteroatoms. The molecule has 0 amide bonds. The number of carboxylic acids is 1. The number of halogens is 1. The SMILES string of the molecule is Cl.NCCCOCCCC(=O)O. The van der Waals surface area contributed by atoms with Gasteiger partial charge in [-0.05, 0) is 19.4 Å². The molecular formula is C7H16ClNO3. The first-order valence-corrected chi connectivity index (χ1v) is 3.77. The Morgan fingerprint density at radius 2 is 1.92 bits per heavy atom. The van der Waals surface area contributed by atoms with Crippen molar-refractivity contribution < 1.29 is 14.6 Å². The molecule has 0 aliphatic heterocycles. The summed E-state index contributed by atoms with van der Waals surface area (Å²) < 4.78 is 5.08. The fraction of sp³-hybridized carbons (Fsp3) is 0.857. The van der Waals surface area contributed by atoms with Gasteiger partial charge in [0, 0.05) is 19.6 Å². The van der Waals surface area contributed by atoms with Crippen molar-refractivity contribution in [3.05, 3.63) is 0 Å². The van der Waals surface area contributed by atoms with E-state index >= 15 is 0 Å². The Labute approximate surface area is 78.5 Å². The van der Waals surface area contributed by atoms with Crippen LogP contribution in [0.15, 0.2) is 0 Å². The maximum Gasteiger partial charge on any atom is 0.303 e. The van der Waals surface area contributed by atoms with Gasteiger partial charge in [0.25, 0.3) is 0 Å². The Balaban J connectivity index is 0. The Hall–Kier alpha value is -0.320. The van der Waals surface area contributed by atoms with Crippen molar-refractivity contribution in [2.45, 2.75) is 19.3 Å². The molecule has 0 aromatic rings. The first-order valence-electron chi connectivity index (χ1n) is 3.77. The van der Waals surface area contributed by atoms with E-state index in [9.17, 15) is 4.79 Å². The molecule has 0 aromatic carbocycles. The molecule has 12 heavy (non-hydrogen) atoms. The van der Waals surface area contributed by atoms with E-state index in [-0.39, 0.29) is 18.8 Å². The van der Waals surface area contributed by atoms with Crippen LogP contribution in [0.3, 0.4) is 0 Å². The number of ether oxygens (including phenoxy) is 1. The zero-order valence-corrected chi connectivity index (χ0v) is 7.81. The van der Waals surface area contributed by atoms with Crippen molar-refractivity contribution in [2.75, 3.05) is 19.8 Å². The summed E-state index contributed by atoms with van der Waals surface area (Å²) in [7, 11) is 0. The molecular weight excluding hydrogens is 182 g/mol. The quantitative estimate of drug-likeness (QED) is 0.588. The molecule has 0 radical (unpaired) electrons. The van der Waals surface area contributed by atoms with Gasteiger partial charge in [0.05, 0.1) is 0 Å². The van der Waals surface area contributed by atoms with Gasteiger partial charge in [-0.25, -0.2) is 0 Å². The first kappa shape index (κ1) is 14.2. The molecule has 74 valence electrons. The molecule has 0 heterocycles. The minimum Gasteiger partial charge on any atom is -0.481 e. The molecule has 4 nitrogen and oxygen atoms in total. The molecule has 0 aliphatic carbocycles. The molecule has 0 saturated heterocycles. The second-order valence-corrected chi connectivity index (χ2v) is 2.25. The fourth-order valence-corrected chi connectivity index (χ4v) is 0.613. The van der Waals surface area contributed by atoms with E-state index < -0.39 is 5.97 Å². The van der Waals surface area contributed by atoms with E-state index in [2.05, 4.69) is 0 Å². The summed E-state index contributed by atoms with van der Waals surface area (Å²) in [5, 5.41) is 8.24. The fourth-order valence-electron chi connectivity index (χ4n) is 0.613. The summed E-state index contributed by atoms with van der Waals surface area (Å²) in [6, 6.07) is 0. The maximum atomic E-state index is 10.0. The zero-order valence-electron chi connectivity index (χ0n) is 6.99. The number of hydrogen-bond donors (Lipinski definition) is 2. The molecule has 0 bridgehead atoms. The lowest BCUT2D eigenvalue weighted by Crippen LogP contribution is -2.06. The lowest BCUT2D eigenvalue weighted by Gasteiger charge is -2.00. The minimum absolute atomic E-state index is 0. The molecule has 0 spiro atoms. The molecule has 0 saturated carbocycles. The van der Waals surface area contributed by atoms with E-state index in [1.165, 1.54) is 0 Å². The van der Waals surface area contributed by atoms with Gasteiger partial charge in [-0.3, -0.25) is 4.79 Å². The highest BCUT2D eigenvalue weighted by atomic mass is 35.5. The maximum absolute atomic E-state index is 10.0. The van der Waals surface area contributed by atoms with Crippen molar-refractivity contribution in [1.82, 2.24) is 0 Å². The Kier molecular flexibility index (Phi) is 12.7. The van der Waals surface area contributed by atoms with Gasteiger partial charge in [-0.15, -0.1) is 12.4 Å². The van der Waals surface area contributed by atoms with Crippen LogP contribution in [-0.4, -0.2) is 30.8 Å². The highest BCUT2D eigenvalue weighted by Crippen LogP contribution is 1.90. The lowest BCUT2D eigenvalue weighted by atomic mass is 10.3. The number of hydrogen-bond acceptors (Lipinski definition) is 3. The number of carbonyl (C=O) groups is 1. The van der Waals surface area contributed by atoms with E-state index in [0.29, 0.717) is 26.2 Å². The summed E-state index contributed by atoms with van der Waals surface area (Å²) in [6.45, 7) is 1.78. The normalized spacial score (nSPS) is 9.08. The molecule has 3 N–H and O–H groups in total. The van der Waals surface area contributed by atoms with Gasteiger partial charge in [0.15, 0.2) is 0 Å². The highest BCUT2D eigenvalue weighted by molar-refractivity contribution is 5.85. The average Bonchev–Trinajstić information content (AvgIpc) is 1.96. The van der Waals surface area contributed by atoms with Crippen LogP contribution in [-0.2, 0) is 9.53 Å². The van der Waals surface area contributed by atoms with Crippen LogP contribution in [0.1, 0.15) is 19.3 Å². The number of carboxylic acid groups (broad SMARTS) is 1. The zero-order chi connectivity index (χ0) is 8.53. The van der Waals surface area contributed by atoms with Gasteiger partial charge < -0.3 is 15.6 Å². The average molecular weight is 198 g/mol. The predicted octanol–water partition coefficient (Wildman–Crippen LogP) is 0.638. The third kappa shape index (κ3) is 12.4. The molecule has 0 aromatic heterocycles. The Bertz CT molecular complexity index is 111. The molecule has 0 rings (SSSR count). The van der Waals surface area contributed by atoms with Gasteiger partial charge in [-0.1, -0.05) is 0 Å². The van der Waals surface area contributed by atoms with Crippen molar-refractivity contribution in [3.63, 3.8) is 0 Å². The Morgan fingerprint density at radius 1 is 1.33 bits per heavy atom. The van der Waals surface area contributed by atoms with Gasteiger partial charge in [-0.2, -0.15) is 0 Å². The third-order valence-electron chi connectivity index (χ3n) is 1.17. The van der Waals surface area contributed by atoms with Crippen LogP contribution in [0.25, 0.3) is 0 Å². The van der Waals surface area contributed by atoms with Crippen LogP contribution < -0.4 is 5.73 Å². The molecule has 0 unspecified atom stereocenters. The second-order valence-electron chi connectivity index (χ2n) is 2.25. The van der Waals surface area contributed by atoms with Gasteiger partial charge in [0.2, 0.25) is 0 Å². The molecule has 0 aliphatic rings. The van der Waals surface area contributed by atoms with Crippen LogP contribution in [0.2, 0.25) is 0 Å². The van der Waals surface area contributed by atoms with E-state index in [1.54, 1.807) is 0 Å². The Morgan fingerprint density at radius 3 is 2.42 bits per heavy atom. The van der Waals surface area contributed by atoms with E-state index in [4.69, 9.17) is 15.6 Å². The lowest BCUT2D eigenvalue weighted by molar-refractivity contribution is -0.137. The first-order chi connectivity index (χ1) is 5.27. The topological polar surface area (TPSA) is 72.5 Å². The standard InChI is InChI=1S/C7H15NO3.ClH/c8-4-2-6-11-5-1-3-7(9)10;/h1-6,8H2,(H,9,10);1H. The summed E-state index contributed by atoms with van der Waals surface area (Å²) >= 11 is 0. The summed E-state index contributed by atoms with van der Waals surface area (Å²) in [6.07, 6.45) is 1.61. The van der Waals surface area contributed by atoms with Crippen LogP contribution in [0.4, 0.5) is 0 Å². The van der Waals surface area contributed by atoms with Gasteiger partial charge >= 0.3 is 5.97 Å². The second kappa shape index (κ2) is 10.7. The van der Waals surface area contributed by atoms with Crippen molar-refractivity contribution in [3.8, 4) is 0 Å². The van der Waals surface area contributed by atoms with Crippen molar-refractivity contribution in [1.29, 1.82) is 0 Å². The minimum atomic E-state index is -0.771. The summed E-state index contributed by atoms with van der Waals surface area (Å²) in [4.78, 5) is 10.0. The van der Waals surface area contributed by atoms with Crippen LogP contribution in [0.5, 0.6) is 0 Å². The highest BCUT2D eigenvalue weighted by Gasteiger charge is 1.95. The van der Waals surface area contributed by atoms with Crippen molar-refractivity contribution in [2.24, 2.45) is 5.73 Å². The van der Waals surface area contributed by atoms with Crippen LogP contribution >= 0.6 is 12.4 Å². The van der Waals surface area contributed by atoms with E-state index in [1.807, 2.05) is 0 Å². The van der Waals surface area contributed by atoms with Crippen molar-refractivity contribution >= 4 is 18.4 Å². The largest absolute Gasteiger partial charge is 0.481 e. The summed E-state index contributed by atoms with van der Waals surface area (Å²) in [5.41, 5.74) is 5.22. The van der Waals surface area contributed by atoms with Crippen LogP contribution in [0, 0.1) is 0 Å². The van der Waals surface area contributed by atoms with Gasteiger partial charge in [0.1, 0.15) is 0 Å².